The second-order valence-corrected chi connectivity index (χ2v) is 3.98. The summed E-state index contributed by atoms with van der Waals surface area (Å²) in [5.74, 6) is 0.372. The smallest absolute Gasteiger partial charge is 0.319 e. The maximum absolute atomic E-state index is 5.52. The molecule has 0 atom stereocenters. The van der Waals surface area contributed by atoms with E-state index in [1.807, 2.05) is 13.8 Å². The largest absolute Gasteiger partial charge is 0.461 e. The minimum atomic E-state index is 0.196. The Bertz CT molecular complexity index is 300. The van der Waals surface area contributed by atoms with Gasteiger partial charge in [-0.1, -0.05) is 0 Å². The zero-order valence-electron chi connectivity index (χ0n) is 8.74. The Morgan fingerprint density at radius 1 is 1.40 bits per heavy atom. The van der Waals surface area contributed by atoms with Crippen LogP contribution in [0.2, 0.25) is 0 Å². The van der Waals surface area contributed by atoms with Crippen molar-refractivity contribution in [2.45, 2.75) is 20.0 Å². The van der Waals surface area contributed by atoms with E-state index in [1.54, 1.807) is 6.07 Å². The molecule has 0 radical (unpaired) electrons. The number of nitrogens with two attached hydrogens (primary N) is 1. The summed E-state index contributed by atoms with van der Waals surface area (Å²) >= 11 is 3.20. The summed E-state index contributed by atoms with van der Waals surface area (Å²) in [5.41, 5.74) is 5.52. The molecule has 0 aliphatic heterocycles. The number of halogens is 1. The van der Waals surface area contributed by atoms with Crippen LogP contribution in [-0.2, 0) is 4.74 Å². The van der Waals surface area contributed by atoms with E-state index >= 15 is 0 Å². The van der Waals surface area contributed by atoms with Crippen molar-refractivity contribution in [3.63, 3.8) is 0 Å². The molecule has 84 valence electrons. The van der Waals surface area contributed by atoms with Crippen molar-refractivity contribution in [1.29, 1.82) is 0 Å². The predicted octanol–water partition coefficient (Wildman–Crippen LogP) is 1.63. The normalized spacial score (nSPS) is 10.7. The van der Waals surface area contributed by atoms with Crippen molar-refractivity contribution in [3.8, 4) is 6.01 Å². The lowest BCUT2D eigenvalue weighted by Gasteiger charge is -2.08. The standard InChI is InChI=1S/C9H14BrN3O2/c1-6(2)14-3-4-15-9-12-7(10)5-8(11)13-9/h5-6H,3-4H2,1-2H3,(H2,11,12,13). The molecular formula is C9H14BrN3O2. The van der Waals surface area contributed by atoms with Gasteiger partial charge in [0.15, 0.2) is 0 Å². The molecule has 0 bridgehead atoms. The summed E-state index contributed by atoms with van der Waals surface area (Å²) in [7, 11) is 0. The monoisotopic (exact) mass is 275 g/mol. The van der Waals surface area contributed by atoms with Crippen LogP contribution in [0.5, 0.6) is 6.01 Å². The molecule has 0 spiro atoms. The van der Waals surface area contributed by atoms with E-state index < -0.39 is 0 Å². The van der Waals surface area contributed by atoms with Crippen LogP contribution >= 0.6 is 15.9 Å². The molecule has 1 aromatic heterocycles. The third-order valence-electron chi connectivity index (χ3n) is 1.46. The van der Waals surface area contributed by atoms with Crippen LogP contribution in [-0.4, -0.2) is 29.3 Å². The van der Waals surface area contributed by atoms with Gasteiger partial charge < -0.3 is 15.2 Å². The summed E-state index contributed by atoms with van der Waals surface area (Å²) in [5, 5.41) is 0. The summed E-state index contributed by atoms with van der Waals surface area (Å²) in [6, 6.07) is 1.87. The molecular weight excluding hydrogens is 262 g/mol. The minimum absolute atomic E-state index is 0.196. The maximum atomic E-state index is 5.52. The summed E-state index contributed by atoms with van der Waals surface area (Å²) in [6.45, 7) is 4.85. The minimum Gasteiger partial charge on any atom is -0.461 e. The molecule has 0 aromatic carbocycles. The van der Waals surface area contributed by atoms with Crippen LogP contribution in [0.15, 0.2) is 10.7 Å². The molecule has 0 aliphatic rings. The molecule has 0 saturated heterocycles. The zero-order chi connectivity index (χ0) is 11.3. The first-order valence-electron chi connectivity index (χ1n) is 4.62. The number of hydrogen-bond donors (Lipinski definition) is 1. The summed E-state index contributed by atoms with van der Waals surface area (Å²) in [4.78, 5) is 7.91. The molecule has 15 heavy (non-hydrogen) atoms. The fourth-order valence-corrected chi connectivity index (χ4v) is 1.28. The second kappa shape index (κ2) is 5.87. The predicted molar refractivity (Wildman–Crippen MR) is 60.7 cm³/mol. The molecule has 1 aromatic rings. The number of nitrogen functional groups attached to an aromatic ring is 1. The van der Waals surface area contributed by atoms with E-state index in [0.29, 0.717) is 23.6 Å². The van der Waals surface area contributed by atoms with Gasteiger partial charge in [0.25, 0.3) is 0 Å². The number of rotatable bonds is 5. The lowest BCUT2D eigenvalue weighted by Crippen LogP contribution is -2.12. The van der Waals surface area contributed by atoms with Gasteiger partial charge in [0.05, 0.1) is 12.7 Å². The van der Waals surface area contributed by atoms with Gasteiger partial charge in [-0.05, 0) is 29.8 Å². The lowest BCUT2D eigenvalue weighted by atomic mass is 10.5. The first kappa shape index (κ1) is 12.2. The average Bonchev–Trinajstić information content (AvgIpc) is 2.10. The van der Waals surface area contributed by atoms with Gasteiger partial charge in [0, 0.05) is 6.07 Å². The van der Waals surface area contributed by atoms with E-state index in [2.05, 4.69) is 25.9 Å². The molecule has 0 amide bonds. The highest BCUT2D eigenvalue weighted by Crippen LogP contribution is 2.13. The number of aromatic nitrogens is 2. The van der Waals surface area contributed by atoms with Crippen molar-refractivity contribution < 1.29 is 9.47 Å². The lowest BCUT2D eigenvalue weighted by molar-refractivity contribution is 0.0531. The van der Waals surface area contributed by atoms with Gasteiger partial charge >= 0.3 is 6.01 Å². The zero-order valence-corrected chi connectivity index (χ0v) is 10.3. The van der Waals surface area contributed by atoms with E-state index in [4.69, 9.17) is 15.2 Å². The Morgan fingerprint density at radius 3 is 2.73 bits per heavy atom. The fourth-order valence-electron chi connectivity index (χ4n) is 0.895. The quantitative estimate of drug-likeness (QED) is 0.653. The van der Waals surface area contributed by atoms with Crippen molar-refractivity contribution in [2.75, 3.05) is 18.9 Å². The topological polar surface area (TPSA) is 70.3 Å². The molecule has 2 N–H and O–H groups in total. The Morgan fingerprint density at radius 2 is 2.13 bits per heavy atom. The van der Waals surface area contributed by atoms with Gasteiger partial charge in [-0.2, -0.15) is 9.97 Å². The first-order chi connectivity index (χ1) is 7.08. The van der Waals surface area contributed by atoms with Crippen molar-refractivity contribution in [1.82, 2.24) is 9.97 Å². The van der Waals surface area contributed by atoms with Crippen LogP contribution in [0.3, 0.4) is 0 Å². The molecule has 6 heteroatoms. The van der Waals surface area contributed by atoms with Gasteiger partial charge in [-0.15, -0.1) is 0 Å². The number of nitrogens with zero attached hydrogens (tertiary/aromatic N) is 2. The van der Waals surface area contributed by atoms with Crippen LogP contribution in [0.25, 0.3) is 0 Å². The molecule has 5 nitrogen and oxygen atoms in total. The molecule has 1 rings (SSSR count). The van der Waals surface area contributed by atoms with E-state index in [1.165, 1.54) is 0 Å². The molecule has 0 aliphatic carbocycles. The number of ether oxygens (including phenoxy) is 2. The van der Waals surface area contributed by atoms with Crippen LogP contribution in [0, 0.1) is 0 Å². The highest BCUT2D eigenvalue weighted by Gasteiger charge is 2.01. The molecule has 1 heterocycles. The van der Waals surface area contributed by atoms with E-state index in [-0.39, 0.29) is 12.1 Å². The van der Waals surface area contributed by atoms with Crippen molar-refractivity contribution in [3.05, 3.63) is 10.7 Å². The maximum Gasteiger partial charge on any atom is 0.319 e. The first-order valence-corrected chi connectivity index (χ1v) is 5.41. The number of hydrogen-bond acceptors (Lipinski definition) is 5. The second-order valence-electron chi connectivity index (χ2n) is 3.17. The summed E-state index contributed by atoms with van der Waals surface area (Å²) in [6.07, 6.45) is 0.196. The average molecular weight is 276 g/mol. The summed E-state index contributed by atoms with van der Waals surface area (Å²) < 4.78 is 11.2. The molecule has 0 unspecified atom stereocenters. The van der Waals surface area contributed by atoms with Gasteiger partial charge in [-0.25, -0.2) is 0 Å². The SMILES string of the molecule is CC(C)OCCOc1nc(N)cc(Br)n1. The Hall–Kier alpha value is -0.880. The van der Waals surface area contributed by atoms with E-state index in [9.17, 15) is 0 Å². The van der Waals surface area contributed by atoms with E-state index in [0.717, 1.165) is 0 Å². The Labute approximate surface area is 97.1 Å². The van der Waals surface area contributed by atoms with Gasteiger partial charge in [-0.3, -0.25) is 0 Å². The van der Waals surface area contributed by atoms with Gasteiger partial charge in [0.2, 0.25) is 0 Å². The Kier molecular flexibility index (Phi) is 4.77. The van der Waals surface area contributed by atoms with Crippen LogP contribution in [0.4, 0.5) is 5.82 Å². The third kappa shape index (κ3) is 4.94. The number of anilines is 1. The van der Waals surface area contributed by atoms with Gasteiger partial charge in [0.1, 0.15) is 17.0 Å². The molecule has 0 saturated carbocycles. The van der Waals surface area contributed by atoms with Crippen molar-refractivity contribution in [2.24, 2.45) is 0 Å². The molecule has 0 fully saturated rings. The van der Waals surface area contributed by atoms with Crippen LogP contribution < -0.4 is 10.5 Å². The highest BCUT2D eigenvalue weighted by molar-refractivity contribution is 9.10. The van der Waals surface area contributed by atoms with Crippen molar-refractivity contribution >= 4 is 21.7 Å². The third-order valence-corrected chi connectivity index (χ3v) is 1.87. The highest BCUT2D eigenvalue weighted by atomic mass is 79.9. The fraction of sp³-hybridized carbons (Fsp3) is 0.556. The van der Waals surface area contributed by atoms with Crippen LogP contribution in [0.1, 0.15) is 13.8 Å². The Balaban J connectivity index is 2.37.